The summed E-state index contributed by atoms with van der Waals surface area (Å²) in [7, 11) is 0. The van der Waals surface area contributed by atoms with E-state index in [2.05, 4.69) is 11.1 Å². The Kier molecular flexibility index (Phi) is 8.52. The van der Waals surface area contributed by atoms with E-state index >= 15 is 0 Å². The number of ether oxygens (including phenoxy) is 2. The first-order chi connectivity index (χ1) is 20.6. The Morgan fingerprint density at radius 2 is 1.88 bits per heavy atom. The Hall–Kier alpha value is -4.66. The normalized spacial score (nSPS) is 15.0. The van der Waals surface area contributed by atoms with Gasteiger partial charge in [-0.25, -0.2) is 9.79 Å². The topological polar surface area (TPSA) is 93.7 Å². The number of alkyl halides is 3. The van der Waals surface area contributed by atoms with E-state index in [1.165, 1.54) is 37.3 Å². The molecule has 1 aliphatic heterocycles. The molecule has 0 aliphatic carbocycles. The van der Waals surface area contributed by atoms with Crippen molar-refractivity contribution < 1.29 is 27.4 Å². The number of thiazole rings is 1. The van der Waals surface area contributed by atoms with Crippen LogP contribution < -0.4 is 19.6 Å². The molecule has 218 valence electrons. The predicted molar refractivity (Wildman–Crippen MR) is 154 cm³/mol. The van der Waals surface area contributed by atoms with Crippen molar-refractivity contribution in [2.75, 3.05) is 6.61 Å². The minimum Gasteiger partial charge on any atom is -0.489 e. The van der Waals surface area contributed by atoms with Gasteiger partial charge >= 0.3 is 12.1 Å². The van der Waals surface area contributed by atoms with Crippen LogP contribution in [-0.4, -0.2) is 23.3 Å². The number of benzene rings is 3. The highest BCUT2D eigenvalue weighted by molar-refractivity contribution is 7.07. The lowest BCUT2D eigenvalue weighted by molar-refractivity contribution is -0.140. The van der Waals surface area contributed by atoms with Gasteiger partial charge in [-0.1, -0.05) is 65.4 Å². The van der Waals surface area contributed by atoms with Crippen LogP contribution in [0.5, 0.6) is 5.75 Å². The molecule has 0 N–H and O–H groups in total. The van der Waals surface area contributed by atoms with E-state index in [0.29, 0.717) is 27.5 Å². The minimum atomic E-state index is -5.00. The summed E-state index contributed by atoms with van der Waals surface area (Å²) in [6.07, 6.45) is -3.49. The van der Waals surface area contributed by atoms with Gasteiger partial charge in [0.2, 0.25) is 0 Å². The van der Waals surface area contributed by atoms with Gasteiger partial charge in [0.15, 0.2) is 10.5 Å². The summed E-state index contributed by atoms with van der Waals surface area (Å²) >= 11 is 6.78. The first-order valence-electron chi connectivity index (χ1n) is 12.9. The molecule has 1 aromatic heterocycles. The number of halogens is 4. The molecule has 0 fully saturated rings. The lowest BCUT2D eigenvalue weighted by atomic mass is 9.95. The number of fused-ring (bicyclic) bond motifs is 1. The molecular weight excluding hydrogens is 603 g/mol. The van der Waals surface area contributed by atoms with Crippen molar-refractivity contribution in [3.05, 3.63) is 131 Å². The van der Waals surface area contributed by atoms with Crippen LogP contribution in [-0.2, 0) is 16.1 Å². The number of rotatable bonds is 7. The highest BCUT2D eigenvalue weighted by atomic mass is 35.5. The van der Waals surface area contributed by atoms with Crippen LogP contribution in [0.15, 0.2) is 93.9 Å². The Bertz CT molecular complexity index is 1960. The molecule has 3 aromatic carbocycles. The summed E-state index contributed by atoms with van der Waals surface area (Å²) < 4.78 is 54.8. The van der Waals surface area contributed by atoms with Gasteiger partial charge in [0, 0.05) is 10.6 Å². The highest BCUT2D eigenvalue weighted by Crippen LogP contribution is 2.38. The second-order valence-corrected chi connectivity index (χ2v) is 10.7. The summed E-state index contributed by atoms with van der Waals surface area (Å²) in [6.45, 7) is 1.43. The Balaban J connectivity index is 1.61. The number of hydrogen-bond acceptors (Lipinski definition) is 7. The molecular formula is C31H21ClF3N3O4S. The van der Waals surface area contributed by atoms with Crippen molar-refractivity contribution in [2.45, 2.75) is 25.7 Å². The van der Waals surface area contributed by atoms with Crippen LogP contribution in [0.25, 0.3) is 6.08 Å². The van der Waals surface area contributed by atoms with Gasteiger partial charge in [-0.15, -0.1) is 0 Å². The van der Waals surface area contributed by atoms with E-state index in [-0.39, 0.29) is 28.1 Å². The molecule has 0 saturated heterocycles. The summed E-state index contributed by atoms with van der Waals surface area (Å²) in [6, 6.07) is 20.3. The SMILES string of the molecule is CCOC(=O)C1=C(C(F)(F)F)N=c2s/c(=C\c3cccc(OCc4ccccc4C#N)c3)c(=O)n2[C@@H]1c1ccc(Cl)cc1. The van der Waals surface area contributed by atoms with Gasteiger partial charge < -0.3 is 9.47 Å². The van der Waals surface area contributed by atoms with E-state index in [9.17, 15) is 28.0 Å². The van der Waals surface area contributed by atoms with E-state index in [1.807, 2.05) is 0 Å². The van der Waals surface area contributed by atoms with Gasteiger partial charge in [0.1, 0.15) is 12.4 Å². The van der Waals surface area contributed by atoms with Crippen LogP contribution >= 0.6 is 22.9 Å². The van der Waals surface area contributed by atoms with Gasteiger partial charge in [-0.05, 0) is 54.5 Å². The van der Waals surface area contributed by atoms with Gasteiger partial charge in [-0.2, -0.15) is 18.4 Å². The number of hydrogen-bond donors (Lipinski definition) is 0. The number of nitrogens with zero attached hydrogens (tertiary/aromatic N) is 3. The van der Waals surface area contributed by atoms with Crippen LogP contribution in [0.2, 0.25) is 5.02 Å². The second-order valence-electron chi connectivity index (χ2n) is 9.24. The van der Waals surface area contributed by atoms with Crippen LogP contribution in [0.3, 0.4) is 0 Å². The monoisotopic (exact) mass is 623 g/mol. The summed E-state index contributed by atoms with van der Waals surface area (Å²) in [4.78, 5) is 30.2. The first kappa shape index (κ1) is 29.8. The van der Waals surface area contributed by atoms with Crippen LogP contribution in [0.1, 0.15) is 35.2 Å². The summed E-state index contributed by atoms with van der Waals surface area (Å²) in [5, 5.41) is 9.64. The molecule has 43 heavy (non-hydrogen) atoms. The first-order valence-corrected chi connectivity index (χ1v) is 14.1. The zero-order valence-corrected chi connectivity index (χ0v) is 24.0. The Morgan fingerprint density at radius 3 is 2.58 bits per heavy atom. The lowest BCUT2D eigenvalue weighted by Crippen LogP contribution is -2.41. The molecule has 0 saturated carbocycles. The summed E-state index contributed by atoms with van der Waals surface area (Å²) in [5.41, 5.74) is -0.902. The molecule has 0 unspecified atom stereocenters. The quantitative estimate of drug-likeness (QED) is 0.256. The zero-order valence-electron chi connectivity index (χ0n) is 22.4. The fraction of sp³-hybridized carbons (Fsp3) is 0.161. The maximum Gasteiger partial charge on any atom is 0.434 e. The van der Waals surface area contributed by atoms with Crippen molar-refractivity contribution in [3.63, 3.8) is 0 Å². The average molecular weight is 624 g/mol. The van der Waals surface area contributed by atoms with E-state index in [1.54, 1.807) is 48.5 Å². The lowest BCUT2D eigenvalue weighted by Gasteiger charge is -2.26. The third kappa shape index (κ3) is 6.26. The van der Waals surface area contributed by atoms with Gasteiger partial charge in [-0.3, -0.25) is 9.36 Å². The Labute approximate surface area is 252 Å². The second kappa shape index (κ2) is 12.3. The maximum absolute atomic E-state index is 14.3. The fourth-order valence-electron chi connectivity index (χ4n) is 4.56. The standard InChI is InChI=1S/C31H21ClF3N3O4S/c1-2-41-29(40)25-26(19-10-12-22(32)13-11-19)38-28(39)24(43-30(38)37-27(25)31(33,34)35)15-18-6-5-9-23(14-18)42-17-21-8-4-3-7-20(21)16-36/h3-15,26H,2,17H2,1H3/b24-15-/t26-/m1/s1. The number of esters is 1. The predicted octanol–water partition coefficient (Wildman–Crippen LogP) is 5.44. The van der Waals surface area contributed by atoms with E-state index < -0.39 is 35.0 Å². The summed E-state index contributed by atoms with van der Waals surface area (Å²) in [5.74, 6) is -0.770. The maximum atomic E-state index is 14.3. The minimum absolute atomic E-state index is 0.0938. The molecule has 1 aliphatic rings. The van der Waals surface area contributed by atoms with Crippen molar-refractivity contribution in [3.8, 4) is 11.8 Å². The zero-order chi connectivity index (χ0) is 30.7. The number of carbonyl (C=O) groups excluding carboxylic acids is 1. The largest absolute Gasteiger partial charge is 0.489 e. The molecule has 2 heterocycles. The van der Waals surface area contributed by atoms with Crippen LogP contribution in [0, 0.1) is 11.3 Å². The van der Waals surface area contributed by atoms with E-state index in [0.717, 1.165) is 15.9 Å². The molecule has 0 spiro atoms. The van der Waals surface area contributed by atoms with Crippen molar-refractivity contribution >= 4 is 35.0 Å². The number of nitriles is 1. The molecule has 1 atom stereocenters. The molecule has 0 radical (unpaired) electrons. The average Bonchev–Trinajstić information content (AvgIpc) is 3.30. The van der Waals surface area contributed by atoms with Gasteiger partial charge in [0.25, 0.3) is 5.56 Å². The molecule has 7 nitrogen and oxygen atoms in total. The fourth-order valence-corrected chi connectivity index (χ4v) is 5.69. The third-order valence-electron chi connectivity index (χ3n) is 6.47. The van der Waals surface area contributed by atoms with Gasteiger partial charge in [0.05, 0.1) is 34.4 Å². The Morgan fingerprint density at radius 1 is 1.14 bits per heavy atom. The molecule has 0 amide bonds. The third-order valence-corrected chi connectivity index (χ3v) is 7.70. The van der Waals surface area contributed by atoms with Crippen molar-refractivity contribution in [1.29, 1.82) is 5.26 Å². The van der Waals surface area contributed by atoms with Crippen molar-refractivity contribution in [1.82, 2.24) is 4.57 Å². The highest BCUT2D eigenvalue weighted by Gasteiger charge is 2.45. The van der Waals surface area contributed by atoms with Crippen LogP contribution in [0.4, 0.5) is 13.2 Å². The smallest absolute Gasteiger partial charge is 0.434 e. The molecule has 0 bridgehead atoms. The number of aromatic nitrogens is 1. The number of carbonyl (C=O) groups is 1. The molecule has 5 rings (SSSR count). The van der Waals surface area contributed by atoms with E-state index in [4.69, 9.17) is 21.1 Å². The number of allylic oxidation sites excluding steroid dienone is 1. The molecule has 4 aromatic rings. The molecule has 12 heteroatoms. The van der Waals surface area contributed by atoms with Crippen molar-refractivity contribution in [2.24, 2.45) is 4.99 Å².